The van der Waals surface area contributed by atoms with Gasteiger partial charge in [-0.1, -0.05) is 31.5 Å². The van der Waals surface area contributed by atoms with Gasteiger partial charge in [-0.2, -0.15) is 0 Å². The van der Waals surface area contributed by atoms with Gasteiger partial charge in [-0.05, 0) is 29.9 Å². The molecule has 0 amide bonds. The Kier molecular flexibility index (Phi) is 2.26. The normalized spacial score (nSPS) is 25.7. The van der Waals surface area contributed by atoms with E-state index in [-0.39, 0.29) is 0 Å². The van der Waals surface area contributed by atoms with Crippen molar-refractivity contribution in [1.82, 2.24) is 0 Å². The van der Waals surface area contributed by atoms with Crippen LogP contribution in [0.2, 0.25) is 0 Å². The van der Waals surface area contributed by atoms with Crippen molar-refractivity contribution in [2.24, 2.45) is 5.92 Å². The highest BCUT2D eigenvalue weighted by molar-refractivity contribution is 5.39. The van der Waals surface area contributed by atoms with Crippen LogP contribution in [-0.4, -0.2) is 7.11 Å². The smallest absolute Gasteiger partial charge is 0.122 e. The standard InChI is InChI=1S/C12H16O/c1-3-9-8-11(9)10-6-4-5-7-12(10)13-2/h4-7,9,11H,3,8H2,1-2H3. The molecule has 0 spiro atoms. The van der Waals surface area contributed by atoms with Gasteiger partial charge in [0.05, 0.1) is 7.11 Å². The fourth-order valence-electron chi connectivity index (χ4n) is 2.05. The van der Waals surface area contributed by atoms with Gasteiger partial charge in [0.15, 0.2) is 0 Å². The molecule has 2 atom stereocenters. The molecule has 2 unspecified atom stereocenters. The van der Waals surface area contributed by atoms with E-state index in [9.17, 15) is 0 Å². The second-order valence-electron chi connectivity index (χ2n) is 3.75. The van der Waals surface area contributed by atoms with Gasteiger partial charge in [-0.3, -0.25) is 0 Å². The molecule has 1 nitrogen and oxygen atoms in total. The first kappa shape index (κ1) is 8.61. The average Bonchev–Trinajstić information content (AvgIpc) is 2.96. The molecule has 0 radical (unpaired) electrons. The summed E-state index contributed by atoms with van der Waals surface area (Å²) in [5, 5.41) is 0. The van der Waals surface area contributed by atoms with Crippen LogP contribution in [0.4, 0.5) is 0 Å². The molecule has 1 heteroatoms. The quantitative estimate of drug-likeness (QED) is 0.687. The van der Waals surface area contributed by atoms with E-state index in [2.05, 4.69) is 25.1 Å². The lowest BCUT2D eigenvalue weighted by Crippen LogP contribution is -1.90. The molecule has 1 saturated carbocycles. The van der Waals surface area contributed by atoms with Crippen molar-refractivity contribution in [3.8, 4) is 5.75 Å². The van der Waals surface area contributed by atoms with Crippen molar-refractivity contribution in [3.05, 3.63) is 29.8 Å². The Balaban J connectivity index is 2.20. The van der Waals surface area contributed by atoms with E-state index in [1.165, 1.54) is 18.4 Å². The summed E-state index contributed by atoms with van der Waals surface area (Å²) in [6.07, 6.45) is 2.64. The van der Waals surface area contributed by atoms with Gasteiger partial charge in [-0.15, -0.1) is 0 Å². The number of hydrogen-bond acceptors (Lipinski definition) is 1. The second kappa shape index (κ2) is 3.41. The predicted octanol–water partition coefficient (Wildman–Crippen LogP) is 3.21. The van der Waals surface area contributed by atoms with Crippen LogP contribution in [0.1, 0.15) is 31.2 Å². The van der Waals surface area contributed by atoms with Crippen molar-refractivity contribution in [2.45, 2.75) is 25.7 Å². The van der Waals surface area contributed by atoms with Crippen LogP contribution in [0.5, 0.6) is 5.75 Å². The number of hydrogen-bond donors (Lipinski definition) is 0. The Bertz CT molecular complexity index is 293. The topological polar surface area (TPSA) is 9.23 Å². The molecule has 13 heavy (non-hydrogen) atoms. The zero-order valence-corrected chi connectivity index (χ0v) is 8.29. The summed E-state index contributed by atoms with van der Waals surface area (Å²) in [6, 6.07) is 8.38. The third-order valence-corrected chi connectivity index (χ3v) is 2.99. The zero-order valence-electron chi connectivity index (χ0n) is 8.29. The Morgan fingerprint density at radius 2 is 2.15 bits per heavy atom. The summed E-state index contributed by atoms with van der Waals surface area (Å²) in [5.74, 6) is 2.72. The molecule has 1 aromatic carbocycles. The molecule has 70 valence electrons. The van der Waals surface area contributed by atoms with Crippen molar-refractivity contribution >= 4 is 0 Å². The second-order valence-corrected chi connectivity index (χ2v) is 3.75. The van der Waals surface area contributed by atoms with Gasteiger partial charge < -0.3 is 4.74 Å². The van der Waals surface area contributed by atoms with E-state index in [0.29, 0.717) is 0 Å². The van der Waals surface area contributed by atoms with Crippen LogP contribution in [0, 0.1) is 5.92 Å². The van der Waals surface area contributed by atoms with Crippen LogP contribution in [0.15, 0.2) is 24.3 Å². The Labute approximate surface area is 79.7 Å². The van der Waals surface area contributed by atoms with Gasteiger partial charge in [0.1, 0.15) is 5.75 Å². The van der Waals surface area contributed by atoms with Crippen LogP contribution in [-0.2, 0) is 0 Å². The largest absolute Gasteiger partial charge is 0.496 e. The molecular weight excluding hydrogens is 160 g/mol. The van der Waals surface area contributed by atoms with Crippen LogP contribution in [0.25, 0.3) is 0 Å². The molecule has 0 aromatic heterocycles. The first-order valence-corrected chi connectivity index (χ1v) is 4.99. The van der Waals surface area contributed by atoms with E-state index in [1.807, 2.05) is 6.07 Å². The van der Waals surface area contributed by atoms with Gasteiger partial charge in [0, 0.05) is 0 Å². The number of ether oxygens (including phenoxy) is 1. The Morgan fingerprint density at radius 3 is 2.77 bits per heavy atom. The third-order valence-electron chi connectivity index (χ3n) is 2.99. The lowest BCUT2D eigenvalue weighted by molar-refractivity contribution is 0.409. The molecule has 0 N–H and O–H groups in total. The molecule has 1 fully saturated rings. The maximum absolute atomic E-state index is 5.34. The van der Waals surface area contributed by atoms with Gasteiger partial charge in [-0.25, -0.2) is 0 Å². The molecule has 0 heterocycles. The van der Waals surface area contributed by atoms with Gasteiger partial charge >= 0.3 is 0 Å². The molecule has 1 aliphatic rings. The summed E-state index contributed by atoms with van der Waals surface area (Å²) in [7, 11) is 1.75. The number of rotatable bonds is 3. The molecule has 1 aliphatic carbocycles. The highest BCUT2D eigenvalue weighted by atomic mass is 16.5. The lowest BCUT2D eigenvalue weighted by Gasteiger charge is -2.06. The molecule has 2 rings (SSSR count). The SMILES string of the molecule is CCC1CC1c1ccccc1OC. The summed E-state index contributed by atoms with van der Waals surface area (Å²) < 4.78 is 5.34. The first-order chi connectivity index (χ1) is 6.36. The van der Waals surface area contributed by atoms with E-state index >= 15 is 0 Å². The maximum Gasteiger partial charge on any atom is 0.122 e. The maximum atomic E-state index is 5.34. The Hall–Kier alpha value is -0.980. The molecule has 0 saturated heterocycles. The summed E-state index contributed by atoms with van der Waals surface area (Å²) in [5.41, 5.74) is 1.40. The van der Waals surface area contributed by atoms with E-state index in [4.69, 9.17) is 4.74 Å². The fourth-order valence-corrected chi connectivity index (χ4v) is 2.05. The Morgan fingerprint density at radius 1 is 1.38 bits per heavy atom. The van der Waals surface area contributed by atoms with Crippen molar-refractivity contribution in [3.63, 3.8) is 0 Å². The van der Waals surface area contributed by atoms with Gasteiger partial charge in [0.25, 0.3) is 0 Å². The van der Waals surface area contributed by atoms with Gasteiger partial charge in [0.2, 0.25) is 0 Å². The highest BCUT2D eigenvalue weighted by Crippen LogP contribution is 2.51. The monoisotopic (exact) mass is 176 g/mol. The minimum absolute atomic E-state index is 0.765. The average molecular weight is 176 g/mol. The molecular formula is C12H16O. The minimum Gasteiger partial charge on any atom is -0.496 e. The van der Waals surface area contributed by atoms with E-state index in [1.54, 1.807) is 7.11 Å². The van der Waals surface area contributed by atoms with Crippen LogP contribution < -0.4 is 4.74 Å². The molecule has 0 aliphatic heterocycles. The summed E-state index contributed by atoms with van der Waals surface area (Å²) >= 11 is 0. The first-order valence-electron chi connectivity index (χ1n) is 4.99. The fraction of sp³-hybridized carbons (Fsp3) is 0.500. The minimum atomic E-state index is 0.765. The van der Waals surface area contributed by atoms with Crippen molar-refractivity contribution < 1.29 is 4.74 Å². The molecule has 1 aromatic rings. The lowest BCUT2D eigenvalue weighted by atomic mass is 10.1. The van der Waals surface area contributed by atoms with Crippen molar-refractivity contribution in [1.29, 1.82) is 0 Å². The number of methoxy groups -OCH3 is 1. The highest BCUT2D eigenvalue weighted by Gasteiger charge is 2.37. The van der Waals surface area contributed by atoms with E-state index < -0.39 is 0 Å². The number of benzene rings is 1. The number of para-hydroxylation sites is 1. The summed E-state index contributed by atoms with van der Waals surface area (Å²) in [4.78, 5) is 0. The summed E-state index contributed by atoms with van der Waals surface area (Å²) in [6.45, 7) is 2.26. The third kappa shape index (κ3) is 1.55. The zero-order chi connectivity index (χ0) is 9.26. The predicted molar refractivity (Wildman–Crippen MR) is 54.1 cm³/mol. The van der Waals surface area contributed by atoms with E-state index in [0.717, 1.165) is 17.6 Å². The van der Waals surface area contributed by atoms with Crippen molar-refractivity contribution in [2.75, 3.05) is 7.11 Å². The molecule has 0 bridgehead atoms. The van der Waals surface area contributed by atoms with Crippen LogP contribution >= 0.6 is 0 Å². The van der Waals surface area contributed by atoms with Crippen LogP contribution in [0.3, 0.4) is 0 Å².